The molecule has 0 amide bonds. The second-order valence-corrected chi connectivity index (χ2v) is 12.3. The summed E-state index contributed by atoms with van der Waals surface area (Å²) < 4.78 is 52.1. The maximum atomic E-state index is 12.8. The number of piperidine rings is 1. The molecule has 0 aromatic heterocycles. The Labute approximate surface area is 151 Å². The van der Waals surface area contributed by atoms with Crippen LogP contribution in [-0.4, -0.2) is 92.4 Å². The van der Waals surface area contributed by atoms with Gasteiger partial charge in [-0.1, -0.05) is 12.8 Å². The van der Waals surface area contributed by atoms with Crippen LogP contribution in [0.1, 0.15) is 26.7 Å². The van der Waals surface area contributed by atoms with Crippen molar-refractivity contribution in [3.8, 4) is 0 Å². The minimum absolute atomic E-state index is 0.107. The highest BCUT2D eigenvalue weighted by Gasteiger charge is 2.39. The van der Waals surface area contributed by atoms with Gasteiger partial charge in [0.2, 0.25) is 10.0 Å². The fourth-order valence-electron chi connectivity index (χ4n) is 3.53. The van der Waals surface area contributed by atoms with Crippen molar-refractivity contribution in [2.75, 3.05) is 51.3 Å². The van der Waals surface area contributed by atoms with Crippen LogP contribution < -0.4 is 0 Å². The standard InChI is InChI=1S/C14H29N3O4S3/c1-14(2,15-8-10-17(11-9-15)23(3,18)19)12-24(20,21)13-4-6-16(22)7-5-13/h13,22H,4-12H2,1-3H3. The molecule has 24 heavy (non-hydrogen) atoms. The van der Waals surface area contributed by atoms with Crippen LogP contribution in [0, 0.1) is 0 Å². The summed E-state index contributed by atoms with van der Waals surface area (Å²) in [5.74, 6) is 0.107. The van der Waals surface area contributed by atoms with Crippen molar-refractivity contribution in [3.63, 3.8) is 0 Å². The van der Waals surface area contributed by atoms with Gasteiger partial charge in [-0.05, 0) is 26.7 Å². The Kier molecular flexibility index (Phi) is 6.30. The summed E-state index contributed by atoms with van der Waals surface area (Å²) in [4.78, 5) is 2.10. The molecule has 7 nitrogen and oxygen atoms in total. The topological polar surface area (TPSA) is 78.0 Å². The predicted octanol–water partition coefficient (Wildman–Crippen LogP) is 0.0662. The number of thiol groups is 1. The Bertz CT molecular complexity index is 632. The highest BCUT2D eigenvalue weighted by molar-refractivity contribution is 7.92. The van der Waals surface area contributed by atoms with E-state index in [1.165, 1.54) is 10.6 Å². The van der Waals surface area contributed by atoms with Gasteiger partial charge in [-0.25, -0.2) is 16.8 Å². The first-order valence-corrected chi connectivity index (χ1v) is 12.2. The summed E-state index contributed by atoms with van der Waals surface area (Å²) >= 11 is 4.28. The van der Waals surface area contributed by atoms with Crippen molar-refractivity contribution in [2.24, 2.45) is 0 Å². The van der Waals surface area contributed by atoms with Gasteiger partial charge >= 0.3 is 0 Å². The average molecular weight is 400 g/mol. The summed E-state index contributed by atoms with van der Waals surface area (Å²) in [6, 6.07) is 0. The summed E-state index contributed by atoms with van der Waals surface area (Å²) in [6.45, 7) is 7.22. The van der Waals surface area contributed by atoms with E-state index >= 15 is 0 Å². The normalized spacial score (nSPS) is 24.3. The Balaban J connectivity index is 1.98. The van der Waals surface area contributed by atoms with Gasteiger partial charge in [-0.3, -0.25) is 9.21 Å². The molecular formula is C14H29N3O4S3. The Hall–Kier alpha value is 0.130. The molecule has 0 atom stereocenters. The SMILES string of the molecule is CC(C)(CS(=O)(=O)C1CCN(S)CC1)N1CCN(S(C)(=O)=O)CC1. The zero-order chi connectivity index (χ0) is 18.2. The summed E-state index contributed by atoms with van der Waals surface area (Å²) in [6.07, 6.45) is 2.47. The van der Waals surface area contributed by atoms with Crippen LogP contribution in [0.4, 0.5) is 0 Å². The molecule has 0 unspecified atom stereocenters. The molecule has 2 fully saturated rings. The van der Waals surface area contributed by atoms with Gasteiger partial charge in [0.1, 0.15) is 0 Å². The second kappa shape index (κ2) is 7.40. The molecule has 0 radical (unpaired) electrons. The number of hydrogen-bond acceptors (Lipinski definition) is 7. The maximum Gasteiger partial charge on any atom is 0.211 e. The Morgan fingerprint density at radius 3 is 1.92 bits per heavy atom. The van der Waals surface area contributed by atoms with Crippen LogP contribution in [-0.2, 0) is 19.9 Å². The lowest BCUT2D eigenvalue weighted by molar-refractivity contribution is 0.0941. The third-order valence-electron chi connectivity index (χ3n) is 5.04. The zero-order valence-electron chi connectivity index (χ0n) is 14.7. The van der Waals surface area contributed by atoms with E-state index in [0.29, 0.717) is 52.1 Å². The molecule has 0 saturated carbocycles. The minimum Gasteiger partial charge on any atom is -0.295 e. The fraction of sp³-hybridized carbons (Fsp3) is 1.00. The molecule has 2 aliphatic heterocycles. The molecule has 0 aromatic rings. The highest BCUT2D eigenvalue weighted by atomic mass is 32.2. The zero-order valence-corrected chi connectivity index (χ0v) is 17.2. The average Bonchev–Trinajstić information content (AvgIpc) is 2.46. The van der Waals surface area contributed by atoms with Crippen LogP contribution >= 0.6 is 12.8 Å². The minimum atomic E-state index is -3.19. The van der Waals surface area contributed by atoms with Crippen molar-refractivity contribution in [1.82, 2.24) is 13.5 Å². The van der Waals surface area contributed by atoms with Gasteiger partial charge in [-0.15, -0.1) is 0 Å². The van der Waals surface area contributed by atoms with E-state index in [4.69, 9.17) is 0 Å². The molecule has 2 heterocycles. The lowest BCUT2D eigenvalue weighted by atomic mass is 10.1. The molecular weight excluding hydrogens is 370 g/mol. The Morgan fingerprint density at radius 1 is 0.958 bits per heavy atom. The molecule has 0 aromatic carbocycles. The van der Waals surface area contributed by atoms with Crippen molar-refractivity contribution in [3.05, 3.63) is 0 Å². The van der Waals surface area contributed by atoms with Gasteiger partial charge in [-0.2, -0.15) is 4.31 Å². The highest BCUT2D eigenvalue weighted by Crippen LogP contribution is 2.26. The summed E-state index contributed by atoms with van der Waals surface area (Å²) in [5.41, 5.74) is -0.499. The lowest BCUT2D eigenvalue weighted by Gasteiger charge is -2.44. The van der Waals surface area contributed by atoms with E-state index in [9.17, 15) is 16.8 Å². The van der Waals surface area contributed by atoms with Gasteiger partial charge in [0, 0.05) is 44.8 Å². The number of rotatable bonds is 5. The molecule has 0 N–H and O–H groups in total. The summed E-state index contributed by atoms with van der Waals surface area (Å²) in [7, 11) is -6.37. The van der Waals surface area contributed by atoms with Crippen molar-refractivity contribution in [2.45, 2.75) is 37.5 Å². The van der Waals surface area contributed by atoms with E-state index in [1.54, 1.807) is 0 Å². The van der Waals surface area contributed by atoms with Crippen LogP contribution in [0.25, 0.3) is 0 Å². The van der Waals surface area contributed by atoms with Gasteiger partial charge in [0.25, 0.3) is 0 Å². The molecule has 0 aliphatic carbocycles. The van der Waals surface area contributed by atoms with E-state index in [-0.39, 0.29) is 11.0 Å². The second-order valence-electron chi connectivity index (χ2n) is 7.42. The van der Waals surface area contributed by atoms with Gasteiger partial charge < -0.3 is 0 Å². The number of piperazine rings is 1. The third kappa shape index (κ3) is 5.07. The number of sulfonamides is 1. The number of nitrogens with zero attached hydrogens (tertiary/aromatic N) is 3. The monoisotopic (exact) mass is 399 g/mol. The van der Waals surface area contributed by atoms with E-state index < -0.39 is 25.4 Å². The van der Waals surface area contributed by atoms with E-state index in [0.717, 1.165) is 0 Å². The molecule has 142 valence electrons. The number of sulfone groups is 1. The molecule has 10 heteroatoms. The molecule has 2 saturated heterocycles. The maximum absolute atomic E-state index is 12.8. The largest absolute Gasteiger partial charge is 0.295 e. The van der Waals surface area contributed by atoms with Crippen molar-refractivity contribution < 1.29 is 16.8 Å². The number of hydrogen-bond donors (Lipinski definition) is 1. The molecule has 0 spiro atoms. The first-order chi connectivity index (χ1) is 10.9. The third-order valence-corrected chi connectivity index (χ3v) is 9.34. The molecule has 0 bridgehead atoms. The smallest absolute Gasteiger partial charge is 0.211 e. The van der Waals surface area contributed by atoms with Crippen molar-refractivity contribution in [1.29, 1.82) is 0 Å². The van der Waals surface area contributed by atoms with E-state index in [2.05, 4.69) is 17.7 Å². The first kappa shape index (κ1) is 20.4. The van der Waals surface area contributed by atoms with Gasteiger partial charge in [0.15, 0.2) is 9.84 Å². The first-order valence-electron chi connectivity index (χ1n) is 8.27. The van der Waals surface area contributed by atoms with Crippen LogP contribution in [0.5, 0.6) is 0 Å². The molecule has 2 rings (SSSR count). The summed E-state index contributed by atoms with van der Waals surface area (Å²) in [5, 5.41) is -0.294. The van der Waals surface area contributed by atoms with Crippen LogP contribution in [0.2, 0.25) is 0 Å². The van der Waals surface area contributed by atoms with E-state index in [1.807, 2.05) is 18.2 Å². The fourth-order valence-corrected chi connectivity index (χ4v) is 6.92. The van der Waals surface area contributed by atoms with Gasteiger partial charge in [0.05, 0.1) is 17.3 Å². The lowest BCUT2D eigenvalue weighted by Crippen LogP contribution is -2.58. The molecule has 2 aliphatic rings. The predicted molar refractivity (Wildman–Crippen MR) is 99.4 cm³/mol. The van der Waals surface area contributed by atoms with Crippen LogP contribution in [0.3, 0.4) is 0 Å². The Morgan fingerprint density at radius 2 is 1.46 bits per heavy atom. The van der Waals surface area contributed by atoms with Crippen molar-refractivity contribution >= 4 is 32.7 Å². The van der Waals surface area contributed by atoms with Crippen LogP contribution in [0.15, 0.2) is 0 Å². The quantitative estimate of drug-likeness (QED) is 0.659.